The molecule has 0 rings (SSSR count). The smallest absolute Gasteiger partial charge is 0.219 e. The molecule has 0 saturated carbocycles. The second-order valence-corrected chi connectivity index (χ2v) is 2.38. The normalized spacial score (nSPS) is 7.11. The summed E-state index contributed by atoms with van der Waals surface area (Å²) in [6.07, 6.45) is 1.88. The molecule has 4 heteroatoms. The van der Waals surface area contributed by atoms with Crippen LogP contribution in [0.2, 0.25) is 0 Å². The average Bonchev–Trinajstić information content (AvgIpc) is 1.88. The van der Waals surface area contributed by atoms with Gasteiger partial charge in [-0.1, -0.05) is 11.8 Å². The molecule has 0 aliphatic carbocycles. The molecule has 0 aromatic rings. The van der Waals surface area contributed by atoms with E-state index in [1.807, 2.05) is 6.26 Å². The van der Waals surface area contributed by atoms with E-state index in [4.69, 9.17) is 5.11 Å². The number of aliphatic hydroxyl groups excluding tert-OH is 1. The van der Waals surface area contributed by atoms with Crippen molar-refractivity contribution < 1.29 is 9.84 Å². The van der Waals surface area contributed by atoms with E-state index in [1.54, 1.807) is 14.0 Å². The fraction of sp³-hybridized carbons (Fsp3) is 0.800. The third-order valence-corrected chi connectivity index (χ3v) is 1.50. The van der Waals surface area contributed by atoms with Crippen molar-refractivity contribution in [1.82, 2.24) is 0 Å². The second-order valence-electron chi connectivity index (χ2n) is 0.974. The van der Waals surface area contributed by atoms with Crippen molar-refractivity contribution in [2.24, 2.45) is 0 Å². The van der Waals surface area contributed by atoms with Gasteiger partial charge >= 0.3 is 0 Å². The van der Waals surface area contributed by atoms with Gasteiger partial charge in [0.2, 0.25) is 4.38 Å². The van der Waals surface area contributed by atoms with Crippen molar-refractivity contribution in [2.45, 2.75) is 6.92 Å². The van der Waals surface area contributed by atoms with Gasteiger partial charge in [0, 0.05) is 6.61 Å². The Morgan fingerprint density at radius 2 is 2.11 bits per heavy atom. The van der Waals surface area contributed by atoms with Crippen LogP contribution < -0.4 is 0 Å². The predicted molar refractivity (Wildman–Crippen MR) is 45.9 cm³/mol. The molecule has 0 aliphatic rings. The SMILES string of the molecule is CCO.COC(=S)SC. The van der Waals surface area contributed by atoms with E-state index in [2.05, 4.69) is 17.0 Å². The monoisotopic (exact) mass is 168 g/mol. The number of thiocarbonyl (C=S) groups is 1. The van der Waals surface area contributed by atoms with Gasteiger partial charge in [0.05, 0.1) is 7.11 Å². The molecule has 0 aromatic heterocycles. The first-order valence-electron chi connectivity index (χ1n) is 2.45. The third-order valence-electron chi connectivity index (χ3n) is 0.333. The standard InChI is InChI=1S/C3H6OS2.C2H6O/c1-4-3(5)6-2;1-2-3/h1-2H3;3H,2H2,1H3. The molecule has 0 atom stereocenters. The van der Waals surface area contributed by atoms with E-state index in [1.165, 1.54) is 11.8 Å². The molecule has 0 radical (unpaired) electrons. The van der Waals surface area contributed by atoms with Crippen molar-refractivity contribution >= 4 is 28.4 Å². The van der Waals surface area contributed by atoms with E-state index < -0.39 is 0 Å². The lowest BCUT2D eigenvalue weighted by molar-refractivity contribution is 0.318. The lowest BCUT2D eigenvalue weighted by atomic mass is 10.9. The number of thioether (sulfide) groups is 1. The summed E-state index contributed by atoms with van der Waals surface area (Å²) in [7, 11) is 1.57. The van der Waals surface area contributed by atoms with Gasteiger partial charge in [-0.2, -0.15) is 0 Å². The Morgan fingerprint density at radius 1 is 1.78 bits per heavy atom. The molecule has 2 nitrogen and oxygen atoms in total. The second kappa shape index (κ2) is 11.1. The fourth-order valence-corrected chi connectivity index (χ4v) is 0.250. The molecule has 0 fully saturated rings. The van der Waals surface area contributed by atoms with E-state index in [0.717, 1.165) is 0 Å². The van der Waals surface area contributed by atoms with Gasteiger partial charge in [-0.3, -0.25) is 0 Å². The summed E-state index contributed by atoms with van der Waals surface area (Å²) in [6.45, 7) is 1.93. The number of rotatable bonds is 0. The molecule has 0 amide bonds. The zero-order chi connectivity index (χ0) is 7.70. The first kappa shape index (κ1) is 11.9. The Balaban J connectivity index is 0. The maximum absolute atomic E-state index is 7.57. The Hall–Kier alpha value is 0.200. The minimum Gasteiger partial charge on any atom is -0.482 e. The van der Waals surface area contributed by atoms with Crippen molar-refractivity contribution in [2.75, 3.05) is 20.0 Å². The van der Waals surface area contributed by atoms with Crippen LogP contribution in [-0.4, -0.2) is 29.5 Å². The number of hydrogen-bond acceptors (Lipinski definition) is 4. The van der Waals surface area contributed by atoms with Crippen LogP contribution >= 0.6 is 24.0 Å². The number of methoxy groups -OCH3 is 1. The maximum Gasteiger partial charge on any atom is 0.219 e. The van der Waals surface area contributed by atoms with E-state index in [-0.39, 0.29) is 6.61 Å². The molecular formula is C5H12O2S2. The molecular weight excluding hydrogens is 156 g/mol. The maximum atomic E-state index is 7.57. The highest BCUT2D eigenvalue weighted by atomic mass is 32.2. The first-order valence-corrected chi connectivity index (χ1v) is 4.09. The summed E-state index contributed by atoms with van der Waals surface area (Å²) < 4.78 is 5.19. The zero-order valence-electron chi connectivity index (χ0n) is 5.88. The zero-order valence-corrected chi connectivity index (χ0v) is 7.51. The molecule has 9 heavy (non-hydrogen) atoms. The van der Waals surface area contributed by atoms with Gasteiger partial charge in [0.1, 0.15) is 0 Å². The van der Waals surface area contributed by atoms with Gasteiger partial charge in [-0.25, -0.2) is 0 Å². The van der Waals surface area contributed by atoms with Crippen molar-refractivity contribution in [3.05, 3.63) is 0 Å². The highest BCUT2D eigenvalue weighted by Crippen LogP contribution is 1.95. The summed E-state index contributed by atoms with van der Waals surface area (Å²) in [5.74, 6) is 0. The third kappa shape index (κ3) is 17.9. The van der Waals surface area contributed by atoms with Crippen LogP contribution in [0.3, 0.4) is 0 Å². The largest absolute Gasteiger partial charge is 0.482 e. The molecule has 0 spiro atoms. The predicted octanol–water partition coefficient (Wildman–Crippen LogP) is 1.28. The highest BCUT2D eigenvalue weighted by molar-refractivity contribution is 8.22. The summed E-state index contributed by atoms with van der Waals surface area (Å²) in [5, 5.41) is 7.57. The lowest BCUT2D eigenvalue weighted by Gasteiger charge is -1.90. The molecule has 0 saturated heterocycles. The summed E-state index contributed by atoms with van der Waals surface area (Å²) in [4.78, 5) is 0. The quantitative estimate of drug-likeness (QED) is 0.552. The van der Waals surface area contributed by atoms with Crippen LogP contribution in [0.15, 0.2) is 0 Å². The highest BCUT2D eigenvalue weighted by Gasteiger charge is 1.82. The topological polar surface area (TPSA) is 29.5 Å². The Kier molecular flexibility index (Phi) is 14.7. The summed E-state index contributed by atoms with van der Waals surface area (Å²) in [5.41, 5.74) is 0. The van der Waals surface area contributed by atoms with Crippen LogP contribution in [0.4, 0.5) is 0 Å². The Bertz CT molecular complexity index is 60.0. The number of ether oxygens (including phenoxy) is 1. The molecule has 56 valence electrons. The molecule has 0 aromatic carbocycles. The fourth-order valence-electron chi connectivity index (χ4n) is 0.0833. The first-order chi connectivity index (χ1) is 4.22. The summed E-state index contributed by atoms with van der Waals surface area (Å²) >= 11 is 6.03. The van der Waals surface area contributed by atoms with Crippen LogP contribution in [0, 0.1) is 0 Å². The Labute approximate surface area is 65.6 Å². The molecule has 0 aliphatic heterocycles. The van der Waals surface area contributed by atoms with Crippen LogP contribution in [0.1, 0.15) is 6.92 Å². The van der Waals surface area contributed by atoms with Gasteiger partial charge < -0.3 is 9.84 Å². The average molecular weight is 168 g/mol. The minimum absolute atomic E-state index is 0.250. The molecule has 0 heterocycles. The van der Waals surface area contributed by atoms with Crippen LogP contribution in [-0.2, 0) is 4.74 Å². The van der Waals surface area contributed by atoms with Crippen LogP contribution in [0.5, 0.6) is 0 Å². The molecule has 0 bridgehead atoms. The van der Waals surface area contributed by atoms with Crippen molar-refractivity contribution in [3.8, 4) is 0 Å². The van der Waals surface area contributed by atoms with E-state index >= 15 is 0 Å². The van der Waals surface area contributed by atoms with Gasteiger partial charge in [-0.05, 0) is 25.4 Å². The van der Waals surface area contributed by atoms with E-state index in [9.17, 15) is 0 Å². The lowest BCUT2D eigenvalue weighted by Crippen LogP contribution is -1.85. The van der Waals surface area contributed by atoms with Crippen molar-refractivity contribution in [1.29, 1.82) is 0 Å². The van der Waals surface area contributed by atoms with Gasteiger partial charge in [-0.15, -0.1) is 0 Å². The number of aliphatic hydroxyl groups is 1. The Morgan fingerprint density at radius 3 is 2.11 bits per heavy atom. The molecule has 1 N–H and O–H groups in total. The van der Waals surface area contributed by atoms with Gasteiger partial charge in [0.15, 0.2) is 0 Å². The van der Waals surface area contributed by atoms with Gasteiger partial charge in [0.25, 0.3) is 0 Å². The number of hydrogen-bond donors (Lipinski definition) is 1. The molecule has 0 unspecified atom stereocenters. The van der Waals surface area contributed by atoms with E-state index in [0.29, 0.717) is 4.38 Å². The van der Waals surface area contributed by atoms with Crippen molar-refractivity contribution in [3.63, 3.8) is 0 Å². The van der Waals surface area contributed by atoms with Crippen LogP contribution in [0.25, 0.3) is 0 Å². The minimum atomic E-state index is 0.250. The summed E-state index contributed by atoms with van der Waals surface area (Å²) in [6, 6.07) is 0.